The van der Waals surface area contributed by atoms with Crippen molar-refractivity contribution in [1.29, 1.82) is 0 Å². The van der Waals surface area contributed by atoms with Crippen LogP contribution in [-0.2, 0) is 22.4 Å². The zero-order valence-corrected chi connectivity index (χ0v) is 19.6. The van der Waals surface area contributed by atoms with Gasteiger partial charge in [-0.05, 0) is 35.4 Å². The molecule has 9 nitrogen and oxygen atoms in total. The molecule has 1 heterocycles. The van der Waals surface area contributed by atoms with Crippen molar-refractivity contribution in [3.8, 4) is 0 Å². The quantitative estimate of drug-likeness (QED) is 0.342. The van der Waals surface area contributed by atoms with Crippen molar-refractivity contribution in [2.24, 2.45) is 0 Å². The molecule has 36 heavy (non-hydrogen) atoms. The van der Waals surface area contributed by atoms with Crippen molar-refractivity contribution in [3.05, 3.63) is 108 Å². The Morgan fingerprint density at radius 1 is 0.917 bits per heavy atom. The number of benzene rings is 3. The molecule has 0 aliphatic carbocycles. The van der Waals surface area contributed by atoms with Crippen LogP contribution in [0.25, 0.3) is 0 Å². The Kier molecular flexibility index (Phi) is 8.05. The van der Waals surface area contributed by atoms with Gasteiger partial charge in [-0.1, -0.05) is 54.6 Å². The van der Waals surface area contributed by atoms with Crippen LogP contribution < -0.4 is 16.4 Å². The zero-order chi connectivity index (χ0) is 25.3. The SMILES string of the molecule is Nc1ccccc1NC(=O)c1ccc(CN(CCO)C(=O)NC2=COC(Cc3ccccc3)O2)cc1. The van der Waals surface area contributed by atoms with E-state index in [9.17, 15) is 14.7 Å². The van der Waals surface area contributed by atoms with Crippen molar-refractivity contribution in [2.75, 3.05) is 24.2 Å². The van der Waals surface area contributed by atoms with E-state index in [4.69, 9.17) is 15.2 Å². The van der Waals surface area contributed by atoms with Gasteiger partial charge < -0.3 is 30.5 Å². The fourth-order valence-electron chi connectivity index (χ4n) is 3.63. The van der Waals surface area contributed by atoms with Gasteiger partial charge in [-0.2, -0.15) is 0 Å². The number of nitrogens with two attached hydrogens (primary N) is 1. The number of carbonyl (C=O) groups is 2. The fraction of sp³-hybridized carbons (Fsp3) is 0.185. The maximum atomic E-state index is 12.8. The lowest BCUT2D eigenvalue weighted by Crippen LogP contribution is -2.41. The van der Waals surface area contributed by atoms with E-state index in [1.165, 1.54) is 11.2 Å². The molecule has 0 fully saturated rings. The normalized spacial score (nSPS) is 14.2. The summed E-state index contributed by atoms with van der Waals surface area (Å²) in [4.78, 5) is 26.8. The number of carbonyl (C=O) groups excluding carboxylic acids is 2. The summed E-state index contributed by atoms with van der Waals surface area (Å²) >= 11 is 0. The average Bonchev–Trinajstić information content (AvgIpc) is 3.32. The second-order valence-electron chi connectivity index (χ2n) is 8.17. The van der Waals surface area contributed by atoms with Gasteiger partial charge in [0.2, 0.25) is 12.2 Å². The molecule has 0 radical (unpaired) electrons. The third-order valence-corrected chi connectivity index (χ3v) is 5.52. The van der Waals surface area contributed by atoms with Crippen LogP contribution >= 0.6 is 0 Å². The maximum absolute atomic E-state index is 12.8. The van der Waals surface area contributed by atoms with Crippen molar-refractivity contribution in [3.63, 3.8) is 0 Å². The standard InChI is InChI=1S/C27H28N4O5/c28-22-8-4-5-9-23(22)29-26(33)21-12-10-20(11-13-21)17-31(14-15-32)27(34)30-24-18-35-25(36-24)16-19-6-2-1-3-7-19/h1-13,18,25,32H,14-17,28H2,(H,29,33)(H,30,34). The molecule has 3 aromatic carbocycles. The van der Waals surface area contributed by atoms with Crippen molar-refractivity contribution in [2.45, 2.75) is 19.3 Å². The lowest BCUT2D eigenvalue weighted by Gasteiger charge is -2.22. The highest BCUT2D eigenvalue weighted by Gasteiger charge is 2.23. The second kappa shape index (κ2) is 11.8. The smallest absolute Gasteiger partial charge is 0.324 e. The monoisotopic (exact) mass is 488 g/mol. The lowest BCUT2D eigenvalue weighted by molar-refractivity contribution is -0.0330. The first-order valence-corrected chi connectivity index (χ1v) is 11.5. The summed E-state index contributed by atoms with van der Waals surface area (Å²) in [5.41, 5.74) is 9.19. The van der Waals surface area contributed by atoms with Crippen LogP contribution in [0.4, 0.5) is 16.2 Å². The summed E-state index contributed by atoms with van der Waals surface area (Å²) in [7, 11) is 0. The minimum atomic E-state index is -0.529. The number of aliphatic hydroxyl groups is 1. The number of hydrogen-bond donors (Lipinski definition) is 4. The molecule has 0 saturated heterocycles. The third kappa shape index (κ3) is 6.55. The Hall–Kier alpha value is -4.50. The topological polar surface area (TPSA) is 126 Å². The van der Waals surface area contributed by atoms with E-state index in [1.54, 1.807) is 48.5 Å². The van der Waals surface area contributed by atoms with Gasteiger partial charge >= 0.3 is 6.03 Å². The summed E-state index contributed by atoms with van der Waals surface area (Å²) in [6.45, 7) is 0.129. The minimum Gasteiger partial charge on any atom is -0.457 e. The van der Waals surface area contributed by atoms with Gasteiger partial charge in [0.15, 0.2) is 0 Å². The predicted octanol–water partition coefficient (Wildman–Crippen LogP) is 3.44. The van der Waals surface area contributed by atoms with E-state index in [1.807, 2.05) is 30.3 Å². The van der Waals surface area contributed by atoms with Gasteiger partial charge in [-0.25, -0.2) is 4.79 Å². The number of rotatable bonds is 9. The molecule has 4 rings (SSSR count). The molecular weight excluding hydrogens is 460 g/mol. The molecule has 5 N–H and O–H groups in total. The zero-order valence-electron chi connectivity index (χ0n) is 19.6. The molecule has 1 unspecified atom stereocenters. The number of anilines is 2. The van der Waals surface area contributed by atoms with Crippen molar-refractivity contribution in [1.82, 2.24) is 10.2 Å². The van der Waals surface area contributed by atoms with Gasteiger partial charge in [0, 0.05) is 25.1 Å². The molecule has 3 aromatic rings. The van der Waals surface area contributed by atoms with Gasteiger partial charge in [0.05, 0.1) is 18.0 Å². The van der Waals surface area contributed by atoms with E-state index in [2.05, 4.69) is 10.6 Å². The Bertz CT molecular complexity index is 1210. The van der Waals surface area contributed by atoms with Crippen LogP contribution in [-0.4, -0.2) is 41.4 Å². The van der Waals surface area contributed by atoms with E-state index < -0.39 is 12.3 Å². The third-order valence-electron chi connectivity index (χ3n) is 5.52. The Labute approximate surface area is 209 Å². The van der Waals surface area contributed by atoms with Crippen LogP contribution in [0, 0.1) is 0 Å². The van der Waals surface area contributed by atoms with E-state index >= 15 is 0 Å². The van der Waals surface area contributed by atoms with Crippen LogP contribution in [0.2, 0.25) is 0 Å². The number of aliphatic hydroxyl groups excluding tert-OH is 1. The Morgan fingerprint density at radius 3 is 2.36 bits per heavy atom. The summed E-state index contributed by atoms with van der Waals surface area (Å²) in [6.07, 6.45) is 1.38. The summed E-state index contributed by atoms with van der Waals surface area (Å²) in [5, 5.41) is 14.9. The highest BCUT2D eigenvalue weighted by Crippen LogP contribution is 2.19. The average molecular weight is 489 g/mol. The first kappa shape index (κ1) is 24.6. The number of urea groups is 1. The molecule has 0 saturated carbocycles. The number of nitrogen functional groups attached to an aromatic ring is 1. The molecule has 1 atom stereocenters. The van der Waals surface area contributed by atoms with Gasteiger partial charge in [-0.3, -0.25) is 10.1 Å². The first-order chi connectivity index (χ1) is 17.5. The van der Waals surface area contributed by atoms with Gasteiger partial charge in [0.1, 0.15) is 6.26 Å². The molecule has 0 aromatic heterocycles. The van der Waals surface area contributed by atoms with E-state index in [0.717, 1.165) is 11.1 Å². The fourth-order valence-corrected chi connectivity index (χ4v) is 3.63. The Morgan fingerprint density at radius 2 is 1.64 bits per heavy atom. The van der Waals surface area contributed by atoms with Crippen LogP contribution in [0.1, 0.15) is 21.5 Å². The van der Waals surface area contributed by atoms with Gasteiger partial charge in [0.25, 0.3) is 5.91 Å². The second-order valence-corrected chi connectivity index (χ2v) is 8.17. The maximum Gasteiger partial charge on any atom is 0.324 e. The molecular formula is C27H28N4O5. The lowest BCUT2D eigenvalue weighted by atomic mass is 10.1. The number of nitrogens with one attached hydrogen (secondary N) is 2. The molecule has 1 aliphatic rings. The largest absolute Gasteiger partial charge is 0.457 e. The molecule has 0 spiro atoms. The van der Waals surface area contributed by atoms with E-state index in [-0.39, 0.29) is 31.5 Å². The van der Waals surface area contributed by atoms with Crippen molar-refractivity contribution >= 4 is 23.3 Å². The molecule has 186 valence electrons. The number of ether oxygens (including phenoxy) is 2. The summed E-state index contributed by atoms with van der Waals surface area (Å²) in [6, 6.07) is 23.2. The molecule has 0 bridgehead atoms. The number of nitrogens with zero attached hydrogens (tertiary/aromatic N) is 1. The van der Waals surface area contributed by atoms with E-state index in [0.29, 0.717) is 23.4 Å². The van der Waals surface area contributed by atoms with Gasteiger partial charge in [-0.15, -0.1) is 0 Å². The number of para-hydroxylation sites is 2. The van der Waals surface area contributed by atoms with Crippen LogP contribution in [0.15, 0.2) is 91.0 Å². The number of amides is 3. The van der Waals surface area contributed by atoms with Crippen molar-refractivity contribution < 1.29 is 24.2 Å². The molecule has 1 aliphatic heterocycles. The summed E-state index contributed by atoms with van der Waals surface area (Å²) < 4.78 is 11.2. The van der Waals surface area contributed by atoms with Crippen LogP contribution in [0.5, 0.6) is 0 Å². The van der Waals surface area contributed by atoms with Crippen LogP contribution in [0.3, 0.4) is 0 Å². The first-order valence-electron chi connectivity index (χ1n) is 11.5. The Balaban J connectivity index is 1.31. The minimum absolute atomic E-state index is 0.114. The molecule has 9 heteroatoms. The molecule has 3 amide bonds. The highest BCUT2D eigenvalue weighted by molar-refractivity contribution is 6.05. The summed E-state index contributed by atoms with van der Waals surface area (Å²) in [5.74, 6) is -0.0872. The predicted molar refractivity (Wildman–Crippen MR) is 135 cm³/mol. The highest BCUT2D eigenvalue weighted by atomic mass is 16.7. The number of hydrogen-bond acceptors (Lipinski definition) is 6.